The van der Waals surface area contributed by atoms with Gasteiger partial charge in [0.2, 0.25) is 0 Å². The maximum atomic E-state index is 12.4. The molecule has 0 aliphatic rings. The first kappa shape index (κ1) is 20.3. The van der Waals surface area contributed by atoms with Crippen molar-refractivity contribution in [2.24, 2.45) is 0 Å². The number of benzene rings is 2. The molecule has 0 radical (unpaired) electrons. The second kappa shape index (κ2) is 10.2. The van der Waals surface area contributed by atoms with Gasteiger partial charge in [0.15, 0.2) is 6.10 Å². The number of rotatable bonds is 9. The van der Waals surface area contributed by atoms with Crippen molar-refractivity contribution in [2.45, 2.75) is 33.3 Å². The fraction of sp³-hybridized carbons (Fsp3) is 0.333. The van der Waals surface area contributed by atoms with Crippen molar-refractivity contribution in [1.82, 2.24) is 0 Å². The largest absolute Gasteiger partial charge is 0.492 e. The van der Waals surface area contributed by atoms with Crippen molar-refractivity contribution in [3.05, 3.63) is 54.1 Å². The van der Waals surface area contributed by atoms with Gasteiger partial charge in [0.25, 0.3) is 5.91 Å². The smallest absolute Gasteiger partial charge is 0.347 e. The molecule has 0 aromatic heterocycles. The Morgan fingerprint density at radius 2 is 1.74 bits per heavy atom. The van der Waals surface area contributed by atoms with Crippen LogP contribution in [-0.2, 0) is 9.53 Å². The first-order valence-electron chi connectivity index (χ1n) is 9.01. The number of carbonyl (C=O) groups is 2. The van der Waals surface area contributed by atoms with Gasteiger partial charge in [-0.3, -0.25) is 4.79 Å². The molecule has 0 heterocycles. The second-order valence-electron chi connectivity index (χ2n) is 5.84. The minimum absolute atomic E-state index is 0.260. The Hall–Kier alpha value is -3.02. The van der Waals surface area contributed by atoms with E-state index in [4.69, 9.17) is 14.2 Å². The Morgan fingerprint density at radius 1 is 1.04 bits per heavy atom. The van der Waals surface area contributed by atoms with Crippen LogP contribution in [-0.4, -0.2) is 31.2 Å². The number of anilines is 1. The molecule has 2 aromatic rings. The van der Waals surface area contributed by atoms with Gasteiger partial charge in [-0.15, -0.1) is 0 Å². The zero-order valence-electron chi connectivity index (χ0n) is 15.9. The van der Waals surface area contributed by atoms with Gasteiger partial charge in [-0.2, -0.15) is 0 Å². The Morgan fingerprint density at radius 3 is 2.41 bits per heavy atom. The molecule has 2 aromatic carbocycles. The molecule has 27 heavy (non-hydrogen) atoms. The highest BCUT2D eigenvalue weighted by Crippen LogP contribution is 2.24. The average Bonchev–Trinajstić information content (AvgIpc) is 2.68. The summed E-state index contributed by atoms with van der Waals surface area (Å²) >= 11 is 0. The normalized spacial score (nSPS) is 11.4. The molecule has 2 rings (SSSR count). The van der Waals surface area contributed by atoms with Crippen LogP contribution in [0.25, 0.3) is 0 Å². The number of esters is 1. The number of amides is 1. The van der Waals surface area contributed by atoms with Gasteiger partial charge in [0, 0.05) is 5.56 Å². The van der Waals surface area contributed by atoms with Crippen LogP contribution >= 0.6 is 0 Å². The molecule has 144 valence electrons. The van der Waals surface area contributed by atoms with Gasteiger partial charge in [-0.25, -0.2) is 4.79 Å². The van der Waals surface area contributed by atoms with Gasteiger partial charge >= 0.3 is 5.97 Å². The van der Waals surface area contributed by atoms with Crippen LogP contribution in [0.15, 0.2) is 48.5 Å². The Labute approximate surface area is 159 Å². The molecule has 6 heteroatoms. The third kappa shape index (κ3) is 6.02. The lowest BCUT2D eigenvalue weighted by Gasteiger charge is -2.14. The second-order valence-corrected chi connectivity index (χ2v) is 5.84. The third-order valence-corrected chi connectivity index (χ3v) is 3.64. The fourth-order valence-corrected chi connectivity index (χ4v) is 2.30. The molecule has 0 aliphatic heterocycles. The van der Waals surface area contributed by atoms with E-state index in [1.807, 2.05) is 26.0 Å². The molecule has 0 bridgehead atoms. The highest BCUT2D eigenvalue weighted by atomic mass is 16.6. The predicted molar refractivity (Wildman–Crippen MR) is 103 cm³/mol. The van der Waals surface area contributed by atoms with E-state index in [1.54, 1.807) is 43.3 Å². The number of ether oxygens (including phenoxy) is 3. The summed E-state index contributed by atoms with van der Waals surface area (Å²) in [5.74, 6) is 0.435. The molecule has 0 unspecified atom stereocenters. The lowest BCUT2D eigenvalue weighted by Crippen LogP contribution is -2.26. The molecule has 0 fully saturated rings. The number of nitrogens with one attached hydrogen (secondary N) is 1. The number of carbonyl (C=O) groups excluding carboxylic acids is 2. The van der Waals surface area contributed by atoms with Crippen LogP contribution in [0.4, 0.5) is 5.69 Å². The zero-order valence-corrected chi connectivity index (χ0v) is 15.9. The quantitative estimate of drug-likeness (QED) is 0.673. The standard InChI is InChI=1S/C21H25NO5/c1-4-14-26-21(24)15(3)27-17-12-10-16(11-13-17)20(23)22-18-8-6-7-9-19(18)25-5-2/h6-13,15H,4-5,14H2,1-3H3,(H,22,23)/t15-/m0/s1. The number of hydrogen-bond donors (Lipinski definition) is 1. The van der Waals surface area contributed by atoms with Crippen molar-refractivity contribution in [3.63, 3.8) is 0 Å². The topological polar surface area (TPSA) is 73.9 Å². The van der Waals surface area contributed by atoms with Crippen LogP contribution in [0, 0.1) is 0 Å². The highest BCUT2D eigenvalue weighted by molar-refractivity contribution is 6.05. The zero-order chi connectivity index (χ0) is 19.6. The monoisotopic (exact) mass is 371 g/mol. The van der Waals surface area contributed by atoms with Gasteiger partial charge in [0.05, 0.1) is 18.9 Å². The van der Waals surface area contributed by atoms with Crippen molar-refractivity contribution < 1.29 is 23.8 Å². The molecular formula is C21H25NO5. The maximum absolute atomic E-state index is 12.4. The van der Waals surface area contributed by atoms with Gasteiger partial charge in [-0.05, 0) is 56.7 Å². The van der Waals surface area contributed by atoms with Crippen LogP contribution in [0.3, 0.4) is 0 Å². The number of para-hydroxylation sites is 2. The minimum Gasteiger partial charge on any atom is -0.492 e. The molecule has 1 N–H and O–H groups in total. The molecule has 1 atom stereocenters. The van der Waals surface area contributed by atoms with Crippen LogP contribution in [0.2, 0.25) is 0 Å². The molecular weight excluding hydrogens is 346 g/mol. The summed E-state index contributed by atoms with van der Waals surface area (Å²) in [6.07, 6.45) is 0.0450. The van der Waals surface area contributed by atoms with Crippen LogP contribution in [0.1, 0.15) is 37.6 Å². The Balaban J connectivity index is 1.98. The lowest BCUT2D eigenvalue weighted by molar-refractivity contribution is -0.151. The summed E-state index contributed by atoms with van der Waals surface area (Å²) in [5, 5.41) is 2.83. The SMILES string of the molecule is CCCOC(=O)[C@H](C)Oc1ccc(C(=O)Nc2ccccc2OCC)cc1. The van der Waals surface area contributed by atoms with Crippen molar-refractivity contribution in [2.75, 3.05) is 18.5 Å². The van der Waals surface area contributed by atoms with Gasteiger partial charge in [0.1, 0.15) is 11.5 Å². The van der Waals surface area contributed by atoms with E-state index in [-0.39, 0.29) is 5.91 Å². The van der Waals surface area contributed by atoms with Gasteiger partial charge < -0.3 is 19.5 Å². The molecule has 1 amide bonds. The van der Waals surface area contributed by atoms with E-state index >= 15 is 0 Å². The summed E-state index contributed by atoms with van der Waals surface area (Å²) in [7, 11) is 0. The van der Waals surface area contributed by atoms with E-state index in [1.165, 1.54) is 0 Å². The van der Waals surface area contributed by atoms with Crippen molar-refractivity contribution in [1.29, 1.82) is 0 Å². The molecule has 6 nitrogen and oxygen atoms in total. The average molecular weight is 371 g/mol. The van der Waals surface area contributed by atoms with E-state index in [0.29, 0.717) is 36.0 Å². The first-order valence-corrected chi connectivity index (χ1v) is 9.01. The third-order valence-electron chi connectivity index (χ3n) is 3.64. The summed E-state index contributed by atoms with van der Waals surface area (Å²) in [5.41, 5.74) is 1.08. The summed E-state index contributed by atoms with van der Waals surface area (Å²) in [4.78, 5) is 24.2. The van der Waals surface area contributed by atoms with Crippen molar-refractivity contribution in [3.8, 4) is 11.5 Å². The van der Waals surface area contributed by atoms with Crippen LogP contribution < -0.4 is 14.8 Å². The Kier molecular flexibility index (Phi) is 7.67. The summed E-state index contributed by atoms with van der Waals surface area (Å²) in [6.45, 7) is 6.32. The van der Waals surface area contributed by atoms with Crippen molar-refractivity contribution >= 4 is 17.6 Å². The van der Waals surface area contributed by atoms with E-state index in [0.717, 1.165) is 6.42 Å². The molecule has 0 aliphatic carbocycles. The van der Waals surface area contributed by atoms with E-state index < -0.39 is 12.1 Å². The van der Waals surface area contributed by atoms with E-state index in [9.17, 15) is 9.59 Å². The summed E-state index contributed by atoms with van der Waals surface area (Å²) < 4.78 is 16.1. The predicted octanol–water partition coefficient (Wildman–Crippen LogP) is 4.06. The number of hydrogen-bond acceptors (Lipinski definition) is 5. The lowest BCUT2D eigenvalue weighted by atomic mass is 10.2. The minimum atomic E-state index is -0.714. The molecule has 0 saturated heterocycles. The Bertz CT molecular complexity index is 757. The fourth-order valence-electron chi connectivity index (χ4n) is 2.30. The van der Waals surface area contributed by atoms with Crippen LogP contribution in [0.5, 0.6) is 11.5 Å². The van der Waals surface area contributed by atoms with Gasteiger partial charge in [-0.1, -0.05) is 19.1 Å². The molecule has 0 saturated carbocycles. The highest BCUT2D eigenvalue weighted by Gasteiger charge is 2.16. The van der Waals surface area contributed by atoms with E-state index in [2.05, 4.69) is 5.32 Å². The summed E-state index contributed by atoms with van der Waals surface area (Å²) in [6, 6.07) is 13.8. The molecule has 0 spiro atoms. The first-order chi connectivity index (χ1) is 13.0. The maximum Gasteiger partial charge on any atom is 0.347 e.